The first kappa shape index (κ1) is 12.1. The Hall–Kier alpha value is -1.02. The predicted octanol–water partition coefficient (Wildman–Crippen LogP) is 2.96. The van der Waals surface area contributed by atoms with Crippen LogP contribution in [0.4, 0.5) is 0 Å². The molecular weight excluding hydrogens is 188 g/mol. The molecule has 0 aliphatic heterocycles. The van der Waals surface area contributed by atoms with Gasteiger partial charge in [-0.05, 0) is 30.5 Å². The second-order valence-corrected chi connectivity index (χ2v) is 4.21. The van der Waals surface area contributed by atoms with E-state index < -0.39 is 0 Å². The first-order valence-corrected chi connectivity index (χ1v) is 5.50. The smallest absolute Gasteiger partial charge is 0.119 e. The lowest BCUT2D eigenvalue weighted by Gasteiger charge is -2.09. The Morgan fingerprint density at radius 2 is 1.73 bits per heavy atom. The second kappa shape index (κ2) is 5.76. The van der Waals surface area contributed by atoms with Gasteiger partial charge >= 0.3 is 0 Å². The molecule has 0 heterocycles. The Bertz CT molecular complexity index is 275. The quantitative estimate of drug-likeness (QED) is 0.806. The summed E-state index contributed by atoms with van der Waals surface area (Å²) < 4.78 is 5.49. The van der Waals surface area contributed by atoms with E-state index in [1.54, 1.807) is 6.92 Å². The molecule has 0 amide bonds. The topological polar surface area (TPSA) is 29.5 Å². The molecule has 0 fully saturated rings. The molecule has 0 saturated heterocycles. The lowest BCUT2D eigenvalue weighted by Crippen LogP contribution is -2.07. The van der Waals surface area contributed by atoms with Gasteiger partial charge in [-0.15, -0.1) is 0 Å². The van der Waals surface area contributed by atoms with Crippen molar-refractivity contribution in [3.05, 3.63) is 29.8 Å². The first-order chi connectivity index (χ1) is 7.09. The van der Waals surface area contributed by atoms with Gasteiger partial charge in [0.2, 0.25) is 0 Å². The van der Waals surface area contributed by atoms with Crippen molar-refractivity contribution < 1.29 is 9.84 Å². The Morgan fingerprint density at radius 1 is 1.13 bits per heavy atom. The van der Waals surface area contributed by atoms with Gasteiger partial charge in [0, 0.05) is 6.42 Å². The number of aliphatic hydroxyl groups is 1. The minimum atomic E-state index is -0.292. The molecule has 0 aliphatic rings. The molecule has 2 heteroatoms. The van der Waals surface area contributed by atoms with E-state index in [1.165, 1.54) is 5.56 Å². The maximum Gasteiger partial charge on any atom is 0.119 e. The van der Waals surface area contributed by atoms with Crippen LogP contribution in [0.1, 0.15) is 38.7 Å². The summed E-state index contributed by atoms with van der Waals surface area (Å²) in [7, 11) is 0. The van der Waals surface area contributed by atoms with Crippen LogP contribution in [0.15, 0.2) is 24.3 Å². The summed E-state index contributed by atoms with van der Waals surface area (Å²) in [6.45, 7) is 6.68. The molecule has 1 unspecified atom stereocenters. The van der Waals surface area contributed by atoms with Gasteiger partial charge in [0.1, 0.15) is 5.75 Å². The summed E-state index contributed by atoms with van der Waals surface area (Å²) in [6, 6.07) is 8.14. The van der Waals surface area contributed by atoms with Crippen molar-refractivity contribution >= 4 is 0 Å². The molecule has 2 nitrogen and oxygen atoms in total. The van der Waals surface area contributed by atoms with Crippen LogP contribution in [0.2, 0.25) is 0 Å². The van der Waals surface area contributed by atoms with Crippen molar-refractivity contribution in [1.82, 2.24) is 0 Å². The zero-order chi connectivity index (χ0) is 11.3. The van der Waals surface area contributed by atoms with Gasteiger partial charge in [0.15, 0.2) is 0 Å². The predicted molar refractivity (Wildman–Crippen MR) is 62.3 cm³/mol. The zero-order valence-corrected chi connectivity index (χ0v) is 9.73. The minimum absolute atomic E-state index is 0.292. The van der Waals surface area contributed by atoms with Gasteiger partial charge in [0.05, 0.1) is 12.7 Å². The summed E-state index contributed by atoms with van der Waals surface area (Å²) in [5.41, 5.74) is 1.32. The molecule has 0 aromatic heterocycles. The summed E-state index contributed by atoms with van der Waals surface area (Å²) >= 11 is 0. The Labute approximate surface area is 91.9 Å². The molecular formula is C13H20O2. The van der Waals surface area contributed by atoms with Crippen LogP contribution >= 0.6 is 0 Å². The molecule has 0 bridgehead atoms. The van der Waals surface area contributed by atoms with Crippen LogP contribution in [0.5, 0.6) is 5.75 Å². The van der Waals surface area contributed by atoms with Crippen molar-refractivity contribution in [2.45, 2.75) is 39.2 Å². The SMILES string of the molecule is CC(O)CCOc1ccc(C(C)C)cc1. The highest BCUT2D eigenvalue weighted by Crippen LogP contribution is 2.18. The molecule has 0 spiro atoms. The standard InChI is InChI=1S/C13H20O2/c1-10(2)12-4-6-13(7-5-12)15-9-8-11(3)14/h4-7,10-11,14H,8-9H2,1-3H3. The van der Waals surface area contributed by atoms with E-state index >= 15 is 0 Å². The number of hydrogen-bond donors (Lipinski definition) is 1. The number of aliphatic hydroxyl groups excluding tert-OH is 1. The van der Waals surface area contributed by atoms with Gasteiger partial charge in [0.25, 0.3) is 0 Å². The summed E-state index contributed by atoms with van der Waals surface area (Å²) in [5, 5.41) is 9.07. The highest BCUT2D eigenvalue weighted by molar-refractivity contribution is 5.28. The van der Waals surface area contributed by atoms with Crippen molar-refractivity contribution in [3.63, 3.8) is 0 Å². The monoisotopic (exact) mass is 208 g/mol. The number of ether oxygens (including phenoxy) is 1. The Morgan fingerprint density at radius 3 is 2.20 bits per heavy atom. The number of rotatable bonds is 5. The molecule has 15 heavy (non-hydrogen) atoms. The van der Waals surface area contributed by atoms with Gasteiger partial charge in [-0.2, -0.15) is 0 Å². The third kappa shape index (κ3) is 4.34. The van der Waals surface area contributed by atoms with E-state index in [0.29, 0.717) is 18.9 Å². The van der Waals surface area contributed by atoms with Gasteiger partial charge in [-0.1, -0.05) is 26.0 Å². The lowest BCUT2D eigenvalue weighted by atomic mass is 10.0. The van der Waals surface area contributed by atoms with Crippen molar-refractivity contribution in [2.24, 2.45) is 0 Å². The molecule has 1 atom stereocenters. The fourth-order valence-electron chi connectivity index (χ4n) is 1.30. The molecule has 0 radical (unpaired) electrons. The van der Waals surface area contributed by atoms with Crippen molar-refractivity contribution in [3.8, 4) is 5.75 Å². The maximum atomic E-state index is 9.07. The van der Waals surface area contributed by atoms with Crippen LogP contribution < -0.4 is 4.74 Å². The van der Waals surface area contributed by atoms with E-state index in [2.05, 4.69) is 26.0 Å². The highest BCUT2D eigenvalue weighted by Gasteiger charge is 2.00. The van der Waals surface area contributed by atoms with Crippen LogP contribution in [-0.4, -0.2) is 17.8 Å². The normalized spacial score (nSPS) is 12.9. The second-order valence-electron chi connectivity index (χ2n) is 4.21. The fourth-order valence-corrected chi connectivity index (χ4v) is 1.30. The molecule has 0 saturated carbocycles. The third-order valence-corrected chi connectivity index (χ3v) is 2.35. The van der Waals surface area contributed by atoms with Gasteiger partial charge in [-0.3, -0.25) is 0 Å². The van der Waals surface area contributed by atoms with E-state index in [-0.39, 0.29) is 6.10 Å². The van der Waals surface area contributed by atoms with Gasteiger partial charge in [-0.25, -0.2) is 0 Å². The molecule has 1 rings (SSSR count). The van der Waals surface area contributed by atoms with E-state index in [0.717, 1.165) is 5.75 Å². The lowest BCUT2D eigenvalue weighted by molar-refractivity contribution is 0.155. The van der Waals surface area contributed by atoms with Crippen LogP contribution in [0.3, 0.4) is 0 Å². The van der Waals surface area contributed by atoms with E-state index in [9.17, 15) is 0 Å². The maximum absolute atomic E-state index is 9.07. The van der Waals surface area contributed by atoms with Crippen LogP contribution in [0, 0.1) is 0 Å². The zero-order valence-electron chi connectivity index (χ0n) is 9.73. The molecule has 84 valence electrons. The van der Waals surface area contributed by atoms with E-state index in [4.69, 9.17) is 9.84 Å². The third-order valence-electron chi connectivity index (χ3n) is 2.35. The number of hydrogen-bond acceptors (Lipinski definition) is 2. The largest absolute Gasteiger partial charge is 0.493 e. The minimum Gasteiger partial charge on any atom is -0.493 e. The van der Waals surface area contributed by atoms with Crippen molar-refractivity contribution in [1.29, 1.82) is 0 Å². The van der Waals surface area contributed by atoms with Gasteiger partial charge < -0.3 is 9.84 Å². The highest BCUT2D eigenvalue weighted by atomic mass is 16.5. The first-order valence-electron chi connectivity index (χ1n) is 5.50. The average Bonchev–Trinajstić information content (AvgIpc) is 2.18. The van der Waals surface area contributed by atoms with Crippen LogP contribution in [-0.2, 0) is 0 Å². The summed E-state index contributed by atoms with van der Waals surface area (Å²) in [6.07, 6.45) is 0.381. The molecule has 1 aromatic carbocycles. The average molecular weight is 208 g/mol. The van der Waals surface area contributed by atoms with Crippen molar-refractivity contribution in [2.75, 3.05) is 6.61 Å². The van der Waals surface area contributed by atoms with Crippen LogP contribution in [0.25, 0.3) is 0 Å². The Kier molecular flexibility index (Phi) is 4.63. The molecule has 1 aromatic rings. The fraction of sp³-hybridized carbons (Fsp3) is 0.538. The summed E-state index contributed by atoms with van der Waals surface area (Å²) in [5.74, 6) is 1.43. The summed E-state index contributed by atoms with van der Waals surface area (Å²) in [4.78, 5) is 0. The Balaban J connectivity index is 2.43. The van der Waals surface area contributed by atoms with E-state index in [1.807, 2.05) is 12.1 Å². The number of benzene rings is 1. The molecule has 0 aliphatic carbocycles. The molecule has 1 N–H and O–H groups in total.